The van der Waals surface area contributed by atoms with Gasteiger partial charge < -0.3 is 20.1 Å². The first kappa shape index (κ1) is 17.3. The molecule has 1 aromatic rings. The van der Waals surface area contributed by atoms with Crippen LogP contribution in [0.15, 0.2) is 18.2 Å². The number of benzene rings is 1. The van der Waals surface area contributed by atoms with E-state index in [0.717, 1.165) is 18.5 Å². The third-order valence-electron chi connectivity index (χ3n) is 3.23. The Morgan fingerprint density at radius 3 is 2.67 bits per heavy atom. The number of carbonyl (C=O) groups excluding carboxylic acids is 1. The summed E-state index contributed by atoms with van der Waals surface area (Å²) in [6.45, 7) is 7.55. The maximum absolute atomic E-state index is 11.4. The van der Waals surface area contributed by atoms with Crippen LogP contribution >= 0.6 is 0 Å². The van der Waals surface area contributed by atoms with Crippen molar-refractivity contribution < 1.29 is 14.3 Å². The Bertz CT molecular complexity index is 449. The first-order chi connectivity index (χ1) is 10.1. The van der Waals surface area contributed by atoms with Crippen LogP contribution in [0.25, 0.3) is 0 Å². The quantitative estimate of drug-likeness (QED) is 0.732. The van der Waals surface area contributed by atoms with Gasteiger partial charge in [0.1, 0.15) is 0 Å². The van der Waals surface area contributed by atoms with Crippen molar-refractivity contribution in [2.75, 3.05) is 20.3 Å². The molecule has 0 aromatic heterocycles. The normalized spacial score (nSPS) is 11.8. The van der Waals surface area contributed by atoms with E-state index in [0.29, 0.717) is 24.1 Å². The third-order valence-corrected chi connectivity index (χ3v) is 3.23. The van der Waals surface area contributed by atoms with Crippen LogP contribution in [0.2, 0.25) is 0 Å². The number of methoxy groups -OCH3 is 1. The van der Waals surface area contributed by atoms with Crippen LogP contribution in [-0.2, 0) is 11.3 Å². The smallest absolute Gasteiger partial charge is 0.257 e. The fourth-order valence-corrected chi connectivity index (χ4v) is 1.77. The molecule has 0 fully saturated rings. The number of carbonyl (C=O) groups is 1. The zero-order valence-electron chi connectivity index (χ0n) is 13.4. The summed E-state index contributed by atoms with van der Waals surface area (Å²) in [4.78, 5) is 11.4. The largest absolute Gasteiger partial charge is 0.493 e. The molecule has 1 atom stereocenters. The summed E-state index contributed by atoms with van der Waals surface area (Å²) in [6, 6.07) is 6.23. The molecule has 0 saturated carbocycles. The first-order valence-corrected chi connectivity index (χ1v) is 7.40. The summed E-state index contributed by atoms with van der Waals surface area (Å²) in [5.41, 5.74) is 1.12. The average Bonchev–Trinajstić information content (AvgIpc) is 2.51. The molecule has 0 radical (unpaired) electrons. The molecule has 0 bridgehead atoms. The van der Waals surface area contributed by atoms with Crippen molar-refractivity contribution in [3.63, 3.8) is 0 Å². The Labute approximate surface area is 127 Å². The number of hydrogen-bond acceptors (Lipinski definition) is 4. The van der Waals surface area contributed by atoms with E-state index in [9.17, 15) is 4.79 Å². The molecular formula is C16H26N2O3. The number of nitrogens with one attached hydrogen (secondary N) is 2. The minimum Gasteiger partial charge on any atom is -0.493 e. The highest BCUT2D eigenvalue weighted by atomic mass is 16.5. The molecule has 5 heteroatoms. The van der Waals surface area contributed by atoms with Gasteiger partial charge in [-0.15, -0.1) is 0 Å². The molecule has 0 aliphatic carbocycles. The van der Waals surface area contributed by atoms with Gasteiger partial charge in [-0.05, 0) is 38.0 Å². The van der Waals surface area contributed by atoms with Gasteiger partial charge in [0.05, 0.1) is 7.11 Å². The van der Waals surface area contributed by atoms with Gasteiger partial charge in [-0.1, -0.05) is 13.0 Å². The molecule has 0 unspecified atom stereocenters. The zero-order chi connectivity index (χ0) is 15.7. The van der Waals surface area contributed by atoms with Gasteiger partial charge in [0.25, 0.3) is 5.91 Å². The fourth-order valence-electron chi connectivity index (χ4n) is 1.77. The minimum atomic E-state index is -0.137. The monoisotopic (exact) mass is 294 g/mol. The van der Waals surface area contributed by atoms with Gasteiger partial charge in [-0.3, -0.25) is 4.79 Å². The molecule has 0 aliphatic rings. The Balaban J connectivity index is 2.63. The molecule has 21 heavy (non-hydrogen) atoms. The van der Waals surface area contributed by atoms with Crippen LogP contribution in [0.1, 0.15) is 32.8 Å². The van der Waals surface area contributed by atoms with Gasteiger partial charge in [-0.2, -0.15) is 0 Å². The van der Waals surface area contributed by atoms with Crippen LogP contribution in [0, 0.1) is 0 Å². The van der Waals surface area contributed by atoms with E-state index in [1.54, 1.807) is 7.11 Å². The van der Waals surface area contributed by atoms with Crippen molar-refractivity contribution in [2.24, 2.45) is 0 Å². The van der Waals surface area contributed by atoms with E-state index in [-0.39, 0.29) is 12.5 Å². The molecule has 1 rings (SSSR count). The summed E-state index contributed by atoms with van der Waals surface area (Å²) in [5.74, 6) is 1.08. The van der Waals surface area contributed by atoms with Gasteiger partial charge >= 0.3 is 0 Å². The maximum atomic E-state index is 11.4. The summed E-state index contributed by atoms with van der Waals surface area (Å²) < 4.78 is 10.8. The van der Waals surface area contributed by atoms with Crippen molar-refractivity contribution in [3.8, 4) is 11.5 Å². The Kier molecular flexibility index (Phi) is 7.61. The highest BCUT2D eigenvalue weighted by Crippen LogP contribution is 2.28. The van der Waals surface area contributed by atoms with Gasteiger partial charge in [0.15, 0.2) is 18.1 Å². The fraction of sp³-hybridized carbons (Fsp3) is 0.562. The van der Waals surface area contributed by atoms with E-state index >= 15 is 0 Å². The van der Waals surface area contributed by atoms with E-state index in [4.69, 9.17) is 9.47 Å². The highest BCUT2D eigenvalue weighted by Gasteiger charge is 2.08. The topological polar surface area (TPSA) is 59.6 Å². The molecule has 118 valence electrons. The SMILES string of the molecule is CCNC(=O)COc1ccc(CN[C@H](C)CC)cc1OC. The van der Waals surface area contributed by atoms with Crippen LogP contribution < -0.4 is 20.1 Å². The second-order valence-electron chi connectivity index (χ2n) is 4.92. The van der Waals surface area contributed by atoms with E-state index in [1.165, 1.54) is 0 Å². The van der Waals surface area contributed by atoms with E-state index < -0.39 is 0 Å². The number of ether oxygens (including phenoxy) is 2. The van der Waals surface area contributed by atoms with Crippen LogP contribution in [0.5, 0.6) is 11.5 Å². The first-order valence-electron chi connectivity index (χ1n) is 7.40. The van der Waals surface area contributed by atoms with Crippen molar-refractivity contribution in [1.29, 1.82) is 0 Å². The maximum Gasteiger partial charge on any atom is 0.257 e. The predicted octanol–water partition coefficient (Wildman–Crippen LogP) is 2.10. The lowest BCUT2D eigenvalue weighted by Crippen LogP contribution is -2.28. The summed E-state index contributed by atoms with van der Waals surface area (Å²) in [7, 11) is 1.60. The minimum absolute atomic E-state index is 0.00529. The van der Waals surface area contributed by atoms with Gasteiger partial charge in [0.2, 0.25) is 0 Å². The average molecular weight is 294 g/mol. The number of hydrogen-bond donors (Lipinski definition) is 2. The van der Waals surface area contributed by atoms with Crippen LogP contribution in [0.3, 0.4) is 0 Å². The van der Waals surface area contributed by atoms with E-state index in [1.807, 2.05) is 25.1 Å². The molecule has 5 nitrogen and oxygen atoms in total. The predicted molar refractivity (Wildman–Crippen MR) is 83.8 cm³/mol. The number of rotatable bonds is 9. The molecule has 2 N–H and O–H groups in total. The number of amides is 1. The van der Waals surface area contributed by atoms with Crippen molar-refractivity contribution >= 4 is 5.91 Å². The highest BCUT2D eigenvalue weighted by molar-refractivity contribution is 5.77. The molecule has 0 spiro atoms. The lowest BCUT2D eigenvalue weighted by Gasteiger charge is -2.14. The summed E-state index contributed by atoms with van der Waals surface area (Å²) >= 11 is 0. The molecule has 1 aromatic carbocycles. The van der Waals surface area contributed by atoms with Crippen molar-refractivity contribution in [3.05, 3.63) is 23.8 Å². The van der Waals surface area contributed by atoms with Gasteiger partial charge in [0, 0.05) is 19.1 Å². The Hall–Kier alpha value is -1.75. The van der Waals surface area contributed by atoms with Crippen molar-refractivity contribution in [2.45, 2.75) is 39.8 Å². The lowest BCUT2D eigenvalue weighted by atomic mass is 10.1. The Morgan fingerprint density at radius 2 is 2.05 bits per heavy atom. The second-order valence-corrected chi connectivity index (χ2v) is 4.92. The zero-order valence-corrected chi connectivity index (χ0v) is 13.4. The standard InChI is InChI=1S/C16H26N2O3/c1-5-12(3)18-10-13-7-8-14(15(9-13)20-4)21-11-16(19)17-6-2/h7-9,12,18H,5-6,10-11H2,1-4H3,(H,17,19)/t12-/m1/s1. The Morgan fingerprint density at radius 1 is 1.29 bits per heavy atom. The van der Waals surface area contributed by atoms with Crippen molar-refractivity contribution in [1.82, 2.24) is 10.6 Å². The molecule has 1 amide bonds. The summed E-state index contributed by atoms with van der Waals surface area (Å²) in [6.07, 6.45) is 1.09. The number of likely N-dealkylation sites (N-methyl/N-ethyl adjacent to an activating group) is 1. The van der Waals surface area contributed by atoms with E-state index in [2.05, 4.69) is 24.5 Å². The summed E-state index contributed by atoms with van der Waals surface area (Å²) in [5, 5.41) is 6.11. The second kappa shape index (κ2) is 9.23. The molecule has 0 saturated heterocycles. The molecule has 0 aliphatic heterocycles. The molecule has 0 heterocycles. The van der Waals surface area contributed by atoms with Crippen LogP contribution in [-0.4, -0.2) is 32.2 Å². The van der Waals surface area contributed by atoms with Gasteiger partial charge in [-0.25, -0.2) is 0 Å². The third kappa shape index (κ3) is 6.04. The lowest BCUT2D eigenvalue weighted by molar-refractivity contribution is -0.123. The molecular weight excluding hydrogens is 268 g/mol. The van der Waals surface area contributed by atoms with Crippen LogP contribution in [0.4, 0.5) is 0 Å².